The molecule has 1 fully saturated rings. The van der Waals surface area contributed by atoms with Crippen molar-refractivity contribution in [2.75, 3.05) is 13.2 Å². The summed E-state index contributed by atoms with van der Waals surface area (Å²) in [5, 5.41) is 10.0. The summed E-state index contributed by atoms with van der Waals surface area (Å²) in [4.78, 5) is 12.2. The van der Waals surface area contributed by atoms with Gasteiger partial charge in [-0.3, -0.25) is 4.79 Å². The molecule has 0 bridgehead atoms. The number of ether oxygens (including phenoxy) is 2. The zero-order valence-corrected chi connectivity index (χ0v) is 14.1. The Morgan fingerprint density at radius 3 is 2.43 bits per heavy atom. The molecule has 23 heavy (non-hydrogen) atoms. The van der Waals surface area contributed by atoms with Gasteiger partial charge in [-0.1, -0.05) is 39.2 Å². The average molecular weight is 318 g/mol. The van der Waals surface area contributed by atoms with E-state index in [1.807, 2.05) is 12.1 Å². The van der Waals surface area contributed by atoms with Crippen molar-refractivity contribution in [2.45, 2.75) is 63.7 Å². The van der Waals surface area contributed by atoms with E-state index in [0.717, 1.165) is 48.3 Å². The molecule has 1 aromatic rings. The molecule has 1 heterocycles. The molecule has 0 unspecified atom stereocenters. The minimum absolute atomic E-state index is 0.194. The van der Waals surface area contributed by atoms with Gasteiger partial charge in [0.15, 0.2) is 11.5 Å². The highest BCUT2D eigenvalue weighted by molar-refractivity contribution is 5.83. The Morgan fingerprint density at radius 1 is 1.09 bits per heavy atom. The number of carboxylic acids is 1. The Kier molecular flexibility index (Phi) is 4.51. The summed E-state index contributed by atoms with van der Waals surface area (Å²) in [7, 11) is 0. The standard InChI is InChI=1S/C19H26O4/c1-13(2)16-14(19(18(20)21)9-4-3-5-10-19)7-8-15-17(16)23-12-6-11-22-15/h7-8,13H,3-6,9-12H2,1-2H3,(H,20,21). The summed E-state index contributed by atoms with van der Waals surface area (Å²) in [6.45, 7) is 5.47. The molecular formula is C19H26O4. The highest BCUT2D eigenvalue weighted by atomic mass is 16.5. The van der Waals surface area contributed by atoms with Gasteiger partial charge in [0.25, 0.3) is 0 Å². The fourth-order valence-corrected chi connectivity index (χ4v) is 4.00. The minimum atomic E-state index is -0.775. The summed E-state index contributed by atoms with van der Waals surface area (Å²) >= 11 is 0. The summed E-state index contributed by atoms with van der Waals surface area (Å²) in [5.74, 6) is 1.01. The average Bonchev–Trinajstić information content (AvgIpc) is 2.79. The quantitative estimate of drug-likeness (QED) is 0.905. The van der Waals surface area contributed by atoms with Gasteiger partial charge in [-0.25, -0.2) is 0 Å². The van der Waals surface area contributed by atoms with Crippen molar-refractivity contribution in [3.05, 3.63) is 23.3 Å². The molecular weight excluding hydrogens is 292 g/mol. The Morgan fingerprint density at radius 2 is 1.78 bits per heavy atom. The molecule has 1 saturated carbocycles. The molecule has 0 radical (unpaired) electrons. The lowest BCUT2D eigenvalue weighted by atomic mass is 9.67. The minimum Gasteiger partial charge on any atom is -0.490 e. The maximum absolute atomic E-state index is 12.2. The van der Waals surface area contributed by atoms with Crippen LogP contribution in [0.2, 0.25) is 0 Å². The van der Waals surface area contributed by atoms with Gasteiger partial charge in [0, 0.05) is 12.0 Å². The predicted octanol–water partition coefficient (Wildman–Crippen LogP) is 4.26. The Labute approximate surface area is 137 Å². The van der Waals surface area contributed by atoms with Crippen molar-refractivity contribution in [3.8, 4) is 11.5 Å². The highest BCUT2D eigenvalue weighted by Crippen LogP contribution is 2.48. The van der Waals surface area contributed by atoms with Gasteiger partial charge in [0.1, 0.15) is 0 Å². The fourth-order valence-electron chi connectivity index (χ4n) is 4.00. The molecule has 126 valence electrons. The summed E-state index contributed by atoms with van der Waals surface area (Å²) in [5.41, 5.74) is 1.18. The highest BCUT2D eigenvalue weighted by Gasteiger charge is 2.44. The van der Waals surface area contributed by atoms with E-state index in [0.29, 0.717) is 26.1 Å². The van der Waals surface area contributed by atoms with E-state index >= 15 is 0 Å². The monoisotopic (exact) mass is 318 g/mol. The van der Waals surface area contributed by atoms with Crippen molar-refractivity contribution in [1.82, 2.24) is 0 Å². The molecule has 3 rings (SSSR count). The van der Waals surface area contributed by atoms with Crippen LogP contribution in [0.1, 0.15) is 69.4 Å². The first-order valence-corrected chi connectivity index (χ1v) is 8.72. The molecule has 1 aromatic carbocycles. The van der Waals surface area contributed by atoms with E-state index < -0.39 is 11.4 Å². The van der Waals surface area contributed by atoms with Gasteiger partial charge in [-0.05, 0) is 30.4 Å². The maximum atomic E-state index is 12.2. The van der Waals surface area contributed by atoms with Crippen LogP contribution < -0.4 is 9.47 Å². The topological polar surface area (TPSA) is 55.8 Å². The Hall–Kier alpha value is -1.71. The number of hydrogen-bond acceptors (Lipinski definition) is 3. The van der Waals surface area contributed by atoms with Crippen LogP contribution in [0, 0.1) is 0 Å². The maximum Gasteiger partial charge on any atom is 0.314 e. The number of carboxylic acid groups (broad SMARTS) is 1. The summed E-state index contributed by atoms with van der Waals surface area (Å²) in [6.07, 6.45) is 5.34. The SMILES string of the molecule is CC(C)c1c(C2(C(=O)O)CCCCC2)ccc2c1OCCCO2. The van der Waals surface area contributed by atoms with Gasteiger partial charge in [-0.2, -0.15) is 0 Å². The van der Waals surface area contributed by atoms with E-state index in [4.69, 9.17) is 9.47 Å². The van der Waals surface area contributed by atoms with E-state index in [-0.39, 0.29) is 5.92 Å². The molecule has 0 saturated heterocycles. The Balaban J connectivity index is 2.18. The molecule has 1 aliphatic carbocycles. The van der Waals surface area contributed by atoms with Crippen LogP contribution in [0.4, 0.5) is 0 Å². The zero-order valence-electron chi connectivity index (χ0n) is 14.1. The van der Waals surface area contributed by atoms with E-state index in [9.17, 15) is 9.90 Å². The lowest BCUT2D eigenvalue weighted by Gasteiger charge is -2.36. The number of carbonyl (C=O) groups is 1. The van der Waals surface area contributed by atoms with Crippen LogP contribution in [-0.2, 0) is 10.2 Å². The van der Waals surface area contributed by atoms with Gasteiger partial charge in [-0.15, -0.1) is 0 Å². The molecule has 0 spiro atoms. The zero-order chi connectivity index (χ0) is 16.4. The van der Waals surface area contributed by atoms with Crippen molar-refractivity contribution in [3.63, 3.8) is 0 Å². The van der Waals surface area contributed by atoms with Gasteiger partial charge < -0.3 is 14.6 Å². The third-order valence-corrected chi connectivity index (χ3v) is 5.16. The number of fused-ring (bicyclic) bond motifs is 1. The van der Waals surface area contributed by atoms with Gasteiger partial charge in [0.2, 0.25) is 0 Å². The summed E-state index contributed by atoms with van der Waals surface area (Å²) < 4.78 is 11.8. The number of aliphatic carboxylic acids is 1. The molecule has 0 amide bonds. The van der Waals surface area contributed by atoms with E-state index in [1.54, 1.807) is 0 Å². The Bertz CT molecular complexity index is 585. The number of benzene rings is 1. The normalized spacial score (nSPS) is 20.1. The second kappa shape index (κ2) is 6.42. The lowest BCUT2D eigenvalue weighted by molar-refractivity contribution is -0.145. The first-order chi connectivity index (χ1) is 11.1. The van der Waals surface area contributed by atoms with E-state index in [2.05, 4.69) is 13.8 Å². The van der Waals surface area contributed by atoms with Crippen LogP contribution in [0.3, 0.4) is 0 Å². The third-order valence-electron chi connectivity index (χ3n) is 5.16. The summed E-state index contributed by atoms with van der Waals surface area (Å²) in [6, 6.07) is 3.88. The second-order valence-electron chi connectivity index (χ2n) is 7.01. The number of rotatable bonds is 3. The molecule has 1 aliphatic heterocycles. The van der Waals surface area contributed by atoms with Gasteiger partial charge in [0.05, 0.1) is 18.6 Å². The molecule has 4 heteroatoms. The molecule has 0 aromatic heterocycles. The molecule has 1 N–H and O–H groups in total. The van der Waals surface area contributed by atoms with Crippen molar-refractivity contribution >= 4 is 5.97 Å². The largest absolute Gasteiger partial charge is 0.490 e. The van der Waals surface area contributed by atoms with E-state index in [1.165, 1.54) is 0 Å². The van der Waals surface area contributed by atoms with Crippen LogP contribution >= 0.6 is 0 Å². The van der Waals surface area contributed by atoms with Crippen molar-refractivity contribution in [2.24, 2.45) is 0 Å². The van der Waals surface area contributed by atoms with Crippen LogP contribution in [0.15, 0.2) is 12.1 Å². The van der Waals surface area contributed by atoms with Crippen LogP contribution in [-0.4, -0.2) is 24.3 Å². The third kappa shape index (κ3) is 2.79. The first kappa shape index (κ1) is 16.2. The van der Waals surface area contributed by atoms with Gasteiger partial charge >= 0.3 is 5.97 Å². The smallest absolute Gasteiger partial charge is 0.314 e. The lowest BCUT2D eigenvalue weighted by Crippen LogP contribution is -2.39. The second-order valence-corrected chi connectivity index (χ2v) is 7.01. The molecule has 2 aliphatic rings. The van der Waals surface area contributed by atoms with Crippen LogP contribution in [0.5, 0.6) is 11.5 Å². The number of hydrogen-bond donors (Lipinski definition) is 1. The first-order valence-electron chi connectivity index (χ1n) is 8.72. The van der Waals surface area contributed by atoms with Crippen LogP contribution in [0.25, 0.3) is 0 Å². The van der Waals surface area contributed by atoms with Crippen molar-refractivity contribution < 1.29 is 19.4 Å². The predicted molar refractivity (Wildman–Crippen MR) is 88.5 cm³/mol. The van der Waals surface area contributed by atoms with Crippen molar-refractivity contribution in [1.29, 1.82) is 0 Å². The fraction of sp³-hybridized carbons (Fsp3) is 0.632. The molecule has 0 atom stereocenters. The molecule has 4 nitrogen and oxygen atoms in total.